The number of nitrogens with one attached hydrogen (secondary N) is 1. The summed E-state index contributed by atoms with van der Waals surface area (Å²) in [6.45, 7) is 3.60. The highest BCUT2D eigenvalue weighted by molar-refractivity contribution is 6.33. The van der Waals surface area contributed by atoms with Crippen molar-refractivity contribution in [1.29, 1.82) is 0 Å². The average Bonchev–Trinajstić information content (AvgIpc) is 2.67. The number of nitrogens with zero attached hydrogens (tertiary/aromatic N) is 1. The molecule has 0 unspecified atom stereocenters. The molecular weight excluding hydrogens is 364 g/mol. The van der Waals surface area contributed by atoms with E-state index in [0.717, 1.165) is 11.2 Å². The number of para-hydroxylation sites is 2. The minimum Gasteiger partial charge on any atom is -0.452 e. The minimum absolute atomic E-state index is 0.157. The van der Waals surface area contributed by atoms with E-state index in [1.54, 1.807) is 30.3 Å². The summed E-state index contributed by atoms with van der Waals surface area (Å²) >= 11 is 6.01. The number of rotatable bonds is 5. The zero-order chi connectivity index (χ0) is 19.4. The molecule has 1 amide bonds. The van der Waals surface area contributed by atoms with Gasteiger partial charge in [-0.1, -0.05) is 55.8 Å². The lowest BCUT2D eigenvalue weighted by Gasteiger charge is -2.12. The minimum atomic E-state index is -0.565. The van der Waals surface area contributed by atoms with Crippen LogP contribution in [0, 0.1) is 0 Å². The van der Waals surface area contributed by atoms with Crippen LogP contribution in [-0.2, 0) is 9.53 Å². The van der Waals surface area contributed by atoms with Gasteiger partial charge in [0.05, 0.1) is 21.8 Å². The zero-order valence-electron chi connectivity index (χ0n) is 15.0. The molecule has 0 radical (unpaired) electrons. The number of halogens is 1. The van der Waals surface area contributed by atoms with Gasteiger partial charge in [-0.05, 0) is 30.2 Å². The number of fused-ring (bicyclic) bond motifs is 1. The molecule has 0 atom stereocenters. The first-order valence-corrected chi connectivity index (χ1v) is 8.94. The van der Waals surface area contributed by atoms with Crippen LogP contribution >= 0.6 is 11.6 Å². The molecule has 0 fully saturated rings. The Labute approximate surface area is 162 Å². The summed E-state index contributed by atoms with van der Waals surface area (Å²) in [5, 5.41) is 3.73. The van der Waals surface area contributed by atoms with Gasteiger partial charge in [-0.2, -0.15) is 0 Å². The van der Waals surface area contributed by atoms with Crippen molar-refractivity contribution < 1.29 is 14.3 Å². The topological polar surface area (TPSA) is 68.3 Å². The molecule has 0 aliphatic heterocycles. The molecule has 3 aromatic rings. The maximum absolute atomic E-state index is 12.6. The van der Waals surface area contributed by atoms with Gasteiger partial charge >= 0.3 is 5.97 Å². The second kappa shape index (κ2) is 8.18. The van der Waals surface area contributed by atoms with Gasteiger partial charge < -0.3 is 10.1 Å². The van der Waals surface area contributed by atoms with E-state index in [0.29, 0.717) is 21.7 Å². The summed E-state index contributed by atoms with van der Waals surface area (Å²) in [6.07, 6.45) is 0. The lowest BCUT2D eigenvalue weighted by Crippen LogP contribution is -2.21. The van der Waals surface area contributed by atoms with E-state index in [1.807, 2.05) is 38.1 Å². The molecule has 1 aromatic heterocycles. The first-order valence-electron chi connectivity index (χ1n) is 8.57. The maximum Gasteiger partial charge on any atom is 0.339 e. The quantitative estimate of drug-likeness (QED) is 0.643. The van der Waals surface area contributed by atoms with E-state index < -0.39 is 18.5 Å². The highest BCUT2D eigenvalue weighted by Gasteiger charge is 2.17. The number of benzene rings is 2. The number of amides is 1. The molecule has 0 aliphatic carbocycles. The number of carbonyl (C=O) groups is 2. The molecule has 0 saturated heterocycles. The highest BCUT2D eigenvalue weighted by Crippen LogP contribution is 2.23. The number of pyridine rings is 1. The van der Waals surface area contributed by atoms with Crippen LogP contribution in [0.5, 0.6) is 0 Å². The fourth-order valence-electron chi connectivity index (χ4n) is 2.62. The molecule has 6 heteroatoms. The fourth-order valence-corrected chi connectivity index (χ4v) is 2.80. The van der Waals surface area contributed by atoms with Crippen LogP contribution in [0.3, 0.4) is 0 Å². The normalized spacial score (nSPS) is 10.8. The summed E-state index contributed by atoms with van der Waals surface area (Å²) in [7, 11) is 0. The first kappa shape index (κ1) is 18.9. The summed E-state index contributed by atoms with van der Waals surface area (Å²) in [5.74, 6) is -0.867. The second-order valence-corrected chi connectivity index (χ2v) is 6.78. The number of hydrogen-bond acceptors (Lipinski definition) is 4. The zero-order valence-corrected chi connectivity index (χ0v) is 15.8. The van der Waals surface area contributed by atoms with Gasteiger partial charge in [0.15, 0.2) is 6.61 Å². The van der Waals surface area contributed by atoms with Gasteiger partial charge in [-0.25, -0.2) is 4.79 Å². The SMILES string of the molecule is CC(C)c1cc(C(=O)OCC(=O)Nc2ccccc2Cl)c2ccccc2n1. The summed E-state index contributed by atoms with van der Waals surface area (Å²) in [5.41, 5.74) is 2.38. The van der Waals surface area contributed by atoms with Gasteiger partial charge in [-0.3, -0.25) is 9.78 Å². The van der Waals surface area contributed by atoms with Crippen LogP contribution in [-0.4, -0.2) is 23.5 Å². The molecule has 2 aromatic carbocycles. The Morgan fingerprint density at radius 3 is 2.56 bits per heavy atom. The Morgan fingerprint density at radius 2 is 1.81 bits per heavy atom. The van der Waals surface area contributed by atoms with Crippen molar-refractivity contribution in [3.8, 4) is 0 Å². The van der Waals surface area contributed by atoms with Crippen molar-refractivity contribution in [2.24, 2.45) is 0 Å². The van der Waals surface area contributed by atoms with E-state index in [2.05, 4.69) is 10.3 Å². The van der Waals surface area contributed by atoms with E-state index in [1.165, 1.54) is 0 Å². The third-order valence-electron chi connectivity index (χ3n) is 4.03. The predicted octanol–water partition coefficient (Wildman–Crippen LogP) is 4.81. The lowest BCUT2D eigenvalue weighted by molar-refractivity contribution is -0.119. The molecule has 0 spiro atoms. The predicted molar refractivity (Wildman–Crippen MR) is 106 cm³/mol. The van der Waals surface area contributed by atoms with Crippen LogP contribution in [0.2, 0.25) is 5.02 Å². The standard InChI is InChI=1S/C21H19ClN2O3/c1-13(2)19-11-15(14-7-3-5-9-17(14)23-19)21(26)27-12-20(25)24-18-10-6-4-8-16(18)22/h3-11,13H,12H2,1-2H3,(H,24,25). The molecule has 0 aliphatic rings. The number of esters is 1. The van der Waals surface area contributed by atoms with Crippen molar-refractivity contribution in [3.63, 3.8) is 0 Å². The summed E-state index contributed by atoms with van der Waals surface area (Å²) < 4.78 is 5.22. The Morgan fingerprint density at radius 1 is 1.11 bits per heavy atom. The van der Waals surface area contributed by atoms with Crippen LogP contribution in [0.25, 0.3) is 10.9 Å². The van der Waals surface area contributed by atoms with Crippen molar-refractivity contribution in [2.45, 2.75) is 19.8 Å². The van der Waals surface area contributed by atoms with Gasteiger partial charge in [0.2, 0.25) is 0 Å². The molecule has 27 heavy (non-hydrogen) atoms. The van der Waals surface area contributed by atoms with Gasteiger partial charge in [0, 0.05) is 11.1 Å². The van der Waals surface area contributed by atoms with E-state index in [9.17, 15) is 9.59 Å². The fraction of sp³-hybridized carbons (Fsp3) is 0.190. The number of hydrogen-bond donors (Lipinski definition) is 1. The molecule has 0 bridgehead atoms. The third kappa shape index (κ3) is 4.44. The number of ether oxygens (including phenoxy) is 1. The highest BCUT2D eigenvalue weighted by atomic mass is 35.5. The average molecular weight is 383 g/mol. The maximum atomic E-state index is 12.6. The lowest BCUT2D eigenvalue weighted by atomic mass is 10.0. The van der Waals surface area contributed by atoms with Crippen LogP contribution in [0.4, 0.5) is 5.69 Å². The molecule has 5 nitrogen and oxygen atoms in total. The largest absolute Gasteiger partial charge is 0.452 e. The van der Waals surface area contributed by atoms with Crippen LogP contribution in [0.1, 0.15) is 35.8 Å². The molecule has 1 N–H and O–H groups in total. The van der Waals surface area contributed by atoms with Crippen LogP contribution < -0.4 is 5.32 Å². The Bertz CT molecular complexity index is 1000. The monoisotopic (exact) mass is 382 g/mol. The Kier molecular flexibility index (Phi) is 5.72. The van der Waals surface area contributed by atoms with E-state index >= 15 is 0 Å². The molecule has 3 rings (SSSR count). The molecule has 138 valence electrons. The molecule has 1 heterocycles. The van der Waals surface area contributed by atoms with Gasteiger partial charge in [0.1, 0.15) is 0 Å². The smallest absolute Gasteiger partial charge is 0.339 e. The van der Waals surface area contributed by atoms with Gasteiger partial charge in [0.25, 0.3) is 5.91 Å². The number of anilines is 1. The number of aromatic nitrogens is 1. The molecular formula is C21H19ClN2O3. The summed E-state index contributed by atoms with van der Waals surface area (Å²) in [4.78, 5) is 29.3. The van der Waals surface area contributed by atoms with E-state index in [-0.39, 0.29) is 5.92 Å². The molecule has 0 saturated carbocycles. The van der Waals surface area contributed by atoms with Crippen LogP contribution in [0.15, 0.2) is 54.6 Å². The van der Waals surface area contributed by atoms with Crippen molar-refractivity contribution >= 4 is 40.1 Å². The van der Waals surface area contributed by atoms with Gasteiger partial charge in [-0.15, -0.1) is 0 Å². The first-order chi connectivity index (χ1) is 13.0. The Balaban J connectivity index is 1.76. The van der Waals surface area contributed by atoms with Crippen molar-refractivity contribution in [3.05, 3.63) is 70.9 Å². The summed E-state index contributed by atoms with van der Waals surface area (Å²) in [6, 6.07) is 15.9. The van der Waals surface area contributed by atoms with Crippen molar-refractivity contribution in [1.82, 2.24) is 4.98 Å². The second-order valence-electron chi connectivity index (χ2n) is 6.37. The van der Waals surface area contributed by atoms with Crippen molar-refractivity contribution in [2.75, 3.05) is 11.9 Å². The number of carbonyl (C=O) groups excluding carboxylic acids is 2. The third-order valence-corrected chi connectivity index (χ3v) is 4.36. The van der Waals surface area contributed by atoms with E-state index in [4.69, 9.17) is 16.3 Å². The Hall–Kier alpha value is -2.92.